The minimum absolute atomic E-state index is 0.339. The molecule has 124 valence electrons. The molecule has 1 fully saturated rings. The number of benzene rings is 1. The maximum absolute atomic E-state index is 14.1. The minimum atomic E-state index is -0.339. The van der Waals surface area contributed by atoms with E-state index in [1.807, 2.05) is 12.1 Å². The highest BCUT2D eigenvalue weighted by Crippen LogP contribution is 2.27. The summed E-state index contributed by atoms with van der Waals surface area (Å²) in [4.78, 5) is 0. The number of aromatic nitrogens is 4. The predicted molar refractivity (Wildman–Crippen MR) is 90.0 cm³/mol. The van der Waals surface area contributed by atoms with Crippen LogP contribution in [-0.2, 0) is 0 Å². The van der Waals surface area contributed by atoms with Crippen molar-refractivity contribution >= 4 is 11.5 Å². The molecule has 1 aliphatic carbocycles. The summed E-state index contributed by atoms with van der Waals surface area (Å²) in [5, 5.41) is 16.2. The number of hydrogen-bond acceptors (Lipinski definition) is 5. The topological polar surface area (TPSA) is 81.1 Å². The lowest BCUT2D eigenvalue weighted by atomic mass is 10.1. The Morgan fingerprint density at radius 2 is 2.04 bits per heavy atom. The van der Waals surface area contributed by atoms with Crippen molar-refractivity contribution in [3.8, 4) is 11.4 Å². The molecule has 7 heteroatoms. The second kappa shape index (κ2) is 6.16. The van der Waals surface area contributed by atoms with Crippen LogP contribution in [0.5, 0.6) is 0 Å². The zero-order valence-electron chi connectivity index (χ0n) is 13.2. The lowest BCUT2D eigenvalue weighted by Gasteiger charge is -2.13. The third-order valence-corrected chi connectivity index (χ3v) is 4.60. The highest BCUT2D eigenvalue weighted by molar-refractivity contribution is 5.60. The fourth-order valence-electron chi connectivity index (χ4n) is 3.31. The Morgan fingerprint density at radius 1 is 1.17 bits per heavy atom. The Bertz CT molecular complexity index is 861. The van der Waals surface area contributed by atoms with Crippen molar-refractivity contribution in [2.45, 2.75) is 25.3 Å². The molecule has 0 aliphatic heterocycles. The van der Waals surface area contributed by atoms with E-state index in [0.717, 1.165) is 31.6 Å². The number of nitrogens with one attached hydrogen (secondary N) is 1. The van der Waals surface area contributed by atoms with Crippen LogP contribution in [0, 0.1) is 11.7 Å². The van der Waals surface area contributed by atoms with Gasteiger partial charge in [0.25, 0.3) is 0 Å². The molecule has 0 radical (unpaired) electrons. The number of hydrogen-bond donors (Lipinski definition) is 2. The Kier molecular flexibility index (Phi) is 3.86. The molecule has 2 unspecified atom stereocenters. The summed E-state index contributed by atoms with van der Waals surface area (Å²) in [5.74, 6) is 1.38. The fourth-order valence-corrected chi connectivity index (χ4v) is 3.31. The van der Waals surface area contributed by atoms with Crippen LogP contribution in [0.25, 0.3) is 17.0 Å². The van der Waals surface area contributed by atoms with Crippen LogP contribution in [0.3, 0.4) is 0 Å². The average Bonchev–Trinajstić information content (AvgIpc) is 3.22. The first-order valence-electron chi connectivity index (χ1n) is 8.18. The van der Waals surface area contributed by atoms with E-state index in [4.69, 9.17) is 5.73 Å². The Morgan fingerprint density at radius 3 is 2.83 bits per heavy atom. The largest absolute Gasteiger partial charge is 0.366 e. The van der Waals surface area contributed by atoms with Gasteiger partial charge in [0.05, 0.1) is 5.56 Å². The molecule has 2 aromatic heterocycles. The maximum atomic E-state index is 14.1. The molecular weight excluding hydrogens is 307 g/mol. The van der Waals surface area contributed by atoms with E-state index in [0.29, 0.717) is 29.0 Å². The van der Waals surface area contributed by atoms with Crippen LogP contribution >= 0.6 is 0 Å². The van der Waals surface area contributed by atoms with Crippen molar-refractivity contribution in [1.82, 2.24) is 19.8 Å². The van der Waals surface area contributed by atoms with Crippen molar-refractivity contribution in [3.63, 3.8) is 0 Å². The third-order valence-electron chi connectivity index (χ3n) is 4.60. The first-order valence-corrected chi connectivity index (χ1v) is 8.18. The van der Waals surface area contributed by atoms with Gasteiger partial charge in [-0.25, -0.2) is 4.39 Å². The van der Waals surface area contributed by atoms with E-state index in [-0.39, 0.29) is 5.82 Å². The Balaban J connectivity index is 1.65. The lowest BCUT2D eigenvalue weighted by molar-refractivity contribution is 0.555. The highest BCUT2D eigenvalue weighted by Gasteiger charge is 2.24. The Labute approximate surface area is 138 Å². The minimum Gasteiger partial charge on any atom is -0.366 e. The molecule has 2 heterocycles. The highest BCUT2D eigenvalue weighted by atomic mass is 19.1. The van der Waals surface area contributed by atoms with Crippen LogP contribution in [0.2, 0.25) is 0 Å². The second-order valence-corrected chi connectivity index (χ2v) is 6.25. The molecule has 3 N–H and O–H groups in total. The van der Waals surface area contributed by atoms with Crippen LogP contribution in [-0.4, -0.2) is 32.4 Å². The summed E-state index contributed by atoms with van der Waals surface area (Å²) in [7, 11) is 0. The molecular formula is C17H19FN6. The molecule has 0 spiro atoms. The standard InChI is InChI=1S/C17H19FN6/c18-14-4-2-1-3-13(14)17-22-21-16-8-7-15(23-24(16)17)20-12-6-5-11(9-12)10-19/h1-4,7-8,11-12H,5-6,9-10,19H2,(H,20,23). The molecule has 6 nitrogen and oxygen atoms in total. The SMILES string of the molecule is NCC1CCC(Nc2ccc3nnc(-c4ccccc4F)n3n2)C1. The zero-order chi connectivity index (χ0) is 16.5. The molecule has 1 aromatic carbocycles. The van der Waals surface area contributed by atoms with E-state index in [1.54, 1.807) is 22.7 Å². The summed E-state index contributed by atoms with van der Waals surface area (Å²) in [5.41, 5.74) is 6.72. The predicted octanol–water partition coefficient (Wildman–Crippen LogP) is 2.47. The third kappa shape index (κ3) is 2.71. The fraction of sp³-hybridized carbons (Fsp3) is 0.353. The number of anilines is 1. The van der Waals surface area contributed by atoms with Gasteiger partial charge in [-0.2, -0.15) is 4.52 Å². The van der Waals surface area contributed by atoms with Crippen molar-refractivity contribution < 1.29 is 4.39 Å². The second-order valence-electron chi connectivity index (χ2n) is 6.25. The summed E-state index contributed by atoms with van der Waals surface area (Å²) in [6.45, 7) is 0.730. The van der Waals surface area contributed by atoms with E-state index in [2.05, 4.69) is 20.6 Å². The molecule has 4 rings (SSSR count). The summed E-state index contributed by atoms with van der Waals surface area (Å²) in [6, 6.07) is 10.6. The molecule has 0 amide bonds. The molecule has 1 aliphatic rings. The van der Waals surface area contributed by atoms with Crippen molar-refractivity contribution in [2.75, 3.05) is 11.9 Å². The lowest BCUT2D eigenvalue weighted by Crippen LogP contribution is -2.19. The first-order chi connectivity index (χ1) is 11.7. The number of nitrogens with zero attached hydrogens (tertiary/aromatic N) is 4. The van der Waals surface area contributed by atoms with Gasteiger partial charge in [-0.1, -0.05) is 12.1 Å². The average molecular weight is 326 g/mol. The van der Waals surface area contributed by atoms with Crippen LogP contribution in [0.15, 0.2) is 36.4 Å². The van der Waals surface area contributed by atoms with Gasteiger partial charge in [0, 0.05) is 6.04 Å². The van der Waals surface area contributed by atoms with Gasteiger partial charge in [-0.3, -0.25) is 0 Å². The van der Waals surface area contributed by atoms with E-state index >= 15 is 0 Å². The van der Waals surface area contributed by atoms with Gasteiger partial charge in [0.15, 0.2) is 11.5 Å². The molecule has 24 heavy (non-hydrogen) atoms. The summed E-state index contributed by atoms with van der Waals surface area (Å²) in [6.07, 6.45) is 3.28. The van der Waals surface area contributed by atoms with Crippen molar-refractivity contribution in [2.24, 2.45) is 11.7 Å². The smallest absolute Gasteiger partial charge is 0.188 e. The quantitative estimate of drug-likeness (QED) is 0.770. The van der Waals surface area contributed by atoms with E-state index in [9.17, 15) is 4.39 Å². The van der Waals surface area contributed by atoms with Gasteiger partial charge in [-0.05, 0) is 56.0 Å². The van der Waals surface area contributed by atoms with Crippen molar-refractivity contribution in [1.29, 1.82) is 0 Å². The molecule has 0 bridgehead atoms. The monoisotopic (exact) mass is 326 g/mol. The normalized spacial score (nSPS) is 20.6. The van der Waals surface area contributed by atoms with Crippen LogP contribution in [0.1, 0.15) is 19.3 Å². The van der Waals surface area contributed by atoms with Gasteiger partial charge in [0.1, 0.15) is 11.6 Å². The number of halogens is 1. The first kappa shape index (κ1) is 15.0. The van der Waals surface area contributed by atoms with Crippen molar-refractivity contribution in [3.05, 3.63) is 42.2 Å². The van der Waals surface area contributed by atoms with Crippen LogP contribution in [0.4, 0.5) is 10.2 Å². The molecule has 3 aromatic rings. The van der Waals surface area contributed by atoms with Gasteiger partial charge >= 0.3 is 0 Å². The number of nitrogens with two attached hydrogens (primary N) is 1. The Hall–Kier alpha value is -2.54. The summed E-state index contributed by atoms with van der Waals surface area (Å²) >= 11 is 0. The molecule has 1 saturated carbocycles. The van der Waals surface area contributed by atoms with Gasteiger partial charge < -0.3 is 11.1 Å². The van der Waals surface area contributed by atoms with E-state index < -0.39 is 0 Å². The van der Waals surface area contributed by atoms with Crippen LogP contribution < -0.4 is 11.1 Å². The zero-order valence-corrected chi connectivity index (χ0v) is 13.2. The number of fused-ring (bicyclic) bond motifs is 1. The summed E-state index contributed by atoms with van der Waals surface area (Å²) < 4.78 is 15.6. The number of rotatable bonds is 4. The molecule has 2 atom stereocenters. The van der Waals surface area contributed by atoms with Gasteiger partial charge in [-0.15, -0.1) is 15.3 Å². The maximum Gasteiger partial charge on any atom is 0.188 e. The molecule has 0 saturated heterocycles. The van der Waals surface area contributed by atoms with E-state index in [1.165, 1.54) is 6.07 Å². The van der Waals surface area contributed by atoms with Gasteiger partial charge in [0.2, 0.25) is 0 Å².